The Kier molecular flexibility index (Phi) is 28.5. The van der Waals surface area contributed by atoms with Gasteiger partial charge in [0.25, 0.3) is 0 Å². The molecule has 1 unspecified atom stereocenters. The van der Waals surface area contributed by atoms with Crippen LogP contribution >= 0.6 is 7.60 Å². The minimum absolute atomic E-state index is 0. The van der Waals surface area contributed by atoms with E-state index in [0.29, 0.717) is 0 Å². The van der Waals surface area contributed by atoms with Crippen LogP contribution < -0.4 is 0 Å². The first-order valence-corrected chi connectivity index (χ1v) is 4.43. The van der Waals surface area contributed by atoms with E-state index >= 15 is 0 Å². The maximum absolute atomic E-state index is 10.4. The number of hydrogen-bond donors (Lipinski definition) is 4. The first kappa shape index (κ1) is 31.5. The summed E-state index contributed by atoms with van der Waals surface area (Å²) in [5, 5.41) is 16.3. The average Bonchev–Trinajstić information content (AvgIpc) is 1.79. The van der Waals surface area contributed by atoms with E-state index in [1.165, 1.54) is 0 Å². The van der Waals surface area contributed by atoms with E-state index in [0.717, 1.165) is 0 Å². The van der Waals surface area contributed by atoms with Gasteiger partial charge < -0.3 is 20.0 Å². The molecular weight excluding hydrogens is 283 g/mol. The van der Waals surface area contributed by atoms with Crippen molar-refractivity contribution in [2.45, 2.75) is 12.1 Å². The molecule has 0 aromatic carbocycles. The van der Waals surface area contributed by atoms with Crippen LogP contribution in [0.1, 0.15) is 6.42 Å². The zero-order valence-electron chi connectivity index (χ0n) is 9.75. The minimum Gasteiger partial charge on any atom is -0.481 e. The summed E-state index contributed by atoms with van der Waals surface area (Å²) in [6.07, 6.45) is -1.08. The van der Waals surface area contributed by atoms with Crippen molar-refractivity contribution in [3.63, 3.8) is 0 Å². The first-order chi connectivity index (χ1) is 5.25. The van der Waals surface area contributed by atoms with E-state index in [1.54, 1.807) is 0 Å². The monoisotopic (exact) mass is 290 g/mol. The molecule has 0 fully saturated rings. The molecule has 0 rings (SSSR count). The van der Waals surface area contributed by atoms with Crippen LogP contribution in [0.3, 0.4) is 0 Å². The summed E-state index contributed by atoms with van der Waals surface area (Å²) in [4.78, 5) is 36.8. The van der Waals surface area contributed by atoms with Crippen molar-refractivity contribution < 1.29 is 34.2 Å². The summed E-state index contributed by atoms with van der Waals surface area (Å²) in [5.41, 5.74) is -2.16. The molecule has 0 aromatic rings. The van der Waals surface area contributed by atoms with Crippen LogP contribution in [-0.2, 0) is 14.2 Å². The molecule has 0 aromatic heterocycles. The van der Waals surface area contributed by atoms with Crippen molar-refractivity contribution in [2.24, 2.45) is 0 Å². The van der Waals surface area contributed by atoms with Crippen LogP contribution in [-0.4, -0.2) is 156 Å². The molecule has 12 heteroatoms. The number of hydrogen-bond acceptors (Lipinski definition) is 3. The molecule has 74 valence electrons. The Balaban J connectivity index is -0.000000101. The predicted molar refractivity (Wildman–Crippen MR) is 58.7 cm³/mol. The molecule has 0 saturated heterocycles. The van der Waals surface area contributed by atoms with Gasteiger partial charge in [0.1, 0.15) is 0 Å². The third-order valence-electron chi connectivity index (χ3n) is 1.06. The third kappa shape index (κ3) is 15.1. The van der Waals surface area contributed by atoms with E-state index in [2.05, 4.69) is 0 Å². The molecule has 0 amide bonds. The largest absolute Gasteiger partial charge is 0.481 e. The Hall–Kier alpha value is 3.09. The quantitative estimate of drug-likeness (QED) is 0.334. The Bertz CT molecular complexity index is 253. The van der Waals surface area contributed by atoms with Crippen LogP contribution in [0.5, 0.6) is 0 Å². The molecule has 16 heavy (non-hydrogen) atoms. The SMILES string of the molecule is O=C(O)CC(C(=O)O)P(=O)(O)O.[Na].[Na].[Na].[Na]. The number of carboxylic acids is 2. The van der Waals surface area contributed by atoms with E-state index in [4.69, 9.17) is 20.0 Å². The minimum atomic E-state index is -4.87. The molecule has 0 aliphatic rings. The van der Waals surface area contributed by atoms with Gasteiger partial charge in [0, 0.05) is 118 Å². The summed E-state index contributed by atoms with van der Waals surface area (Å²) in [7, 11) is -4.87. The van der Waals surface area contributed by atoms with Gasteiger partial charge in [-0.05, 0) is 0 Å². The van der Waals surface area contributed by atoms with Gasteiger partial charge in [-0.15, -0.1) is 0 Å². The van der Waals surface area contributed by atoms with Crippen molar-refractivity contribution in [1.82, 2.24) is 0 Å². The molecule has 1 atom stereocenters. The van der Waals surface area contributed by atoms with Crippen LogP contribution in [0.4, 0.5) is 0 Å². The molecular formula is C4H7Na4O7P. The standard InChI is InChI=1S/C4H7O7P.4Na/c5-3(6)1-2(4(7)8)12(9,10)11;;;;/h2H,1H2,(H,5,6)(H,7,8)(H2,9,10,11);;;;. The van der Waals surface area contributed by atoms with E-state index in [1.807, 2.05) is 0 Å². The van der Waals surface area contributed by atoms with Crippen LogP contribution in [0.2, 0.25) is 0 Å². The summed E-state index contributed by atoms with van der Waals surface area (Å²) < 4.78 is 10.4. The zero-order chi connectivity index (χ0) is 9.94. The molecule has 0 aliphatic carbocycles. The van der Waals surface area contributed by atoms with E-state index in [9.17, 15) is 14.2 Å². The third-order valence-corrected chi connectivity index (χ3v) is 2.27. The van der Waals surface area contributed by atoms with Gasteiger partial charge in [0.2, 0.25) is 0 Å². The molecule has 0 saturated carbocycles. The average molecular weight is 290 g/mol. The maximum Gasteiger partial charge on any atom is 0.340 e. The van der Waals surface area contributed by atoms with Crippen molar-refractivity contribution in [3.8, 4) is 0 Å². The van der Waals surface area contributed by atoms with Gasteiger partial charge in [0.05, 0.1) is 6.42 Å². The fourth-order valence-electron chi connectivity index (χ4n) is 0.515. The van der Waals surface area contributed by atoms with Gasteiger partial charge in [-0.1, -0.05) is 0 Å². The van der Waals surface area contributed by atoms with E-state index < -0.39 is 31.6 Å². The Morgan fingerprint density at radius 3 is 1.38 bits per heavy atom. The Labute approximate surface area is 180 Å². The summed E-state index contributed by atoms with van der Waals surface area (Å²) >= 11 is 0. The fourth-order valence-corrected chi connectivity index (χ4v) is 1.20. The Morgan fingerprint density at radius 2 is 1.31 bits per heavy atom. The predicted octanol–water partition coefficient (Wildman–Crippen LogP) is -2.43. The molecule has 0 bridgehead atoms. The van der Waals surface area contributed by atoms with Gasteiger partial charge in [-0.2, -0.15) is 0 Å². The first-order valence-electron chi connectivity index (χ1n) is 2.75. The van der Waals surface area contributed by atoms with Crippen molar-refractivity contribution in [3.05, 3.63) is 0 Å². The van der Waals surface area contributed by atoms with Gasteiger partial charge in [-0.3, -0.25) is 14.2 Å². The number of aliphatic carboxylic acids is 2. The zero-order valence-corrected chi connectivity index (χ0v) is 18.6. The second-order valence-electron chi connectivity index (χ2n) is 2.04. The number of carbonyl (C=O) groups is 2. The molecule has 4 radical (unpaired) electrons. The van der Waals surface area contributed by atoms with Crippen molar-refractivity contribution in [1.29, 1.82) is 0 Å². The van der Waals surface area contributed by atoms with Crippen molar-refractivity contribution in [2.75, 3.05) is 0 Å². The summed E-state index contributed by atoms with van der Waals surface area (Å²) in [5.74, 6) is -3.38. The fraction of sp³-hybridized carbons (Fsp3) is 0.500. The Morgan fingerprint density at radius 1 is 1.00 bits per heavy atom. The number of rotatable bonds is 4. The second kappa shape index (κ2) is 14.5. The summed E-state index contributed by atoms with van der Waals surface area (Å²) in [6, 6.07) is 0. The van der Waals surface area contributed by atoms with E-state index in [-0.39, 0.29) is 118 Å². The van der Waals surface area contributed by atoms with Crippen LogP contribution in [0.15, 0.2) is 0 Å². The van der Waals surface area contributed by atoms with Gasteiger partial charge >= 0.3 is 19.5 Å². The second-order valence-corrected chi connectivity index (χ2v) is 3.84. The van der Waals surface area contributed by atoms with Gasteiger partial charge in [0.15, 0.2) is 5.66 Å². The summed E-state index contributed by atoms with van der Waals surface area (Å²) in [6.45, 7) is 0. The number of carboxylic acid groups (broad SMARTS) is 2. The normalized spacial score (nSPS) is 10.4. The smallest absolute Gasteiger partial charge is 0.340 e. The molecule has 0 heterocycles. The molecule has 7 nitrogen and oxygen atoms in total. The van der Waals surface area contributed by atoms with Gasteiger partial charge in [-0.25, -0.2) is 0 Å². The topological polar surface area (TPSA) is 132 Å². The van der Waals surface area contributed by atoms with Crippen molar-refractivity contribution >= 4 is 138 Å². The maximum atomic E-state index is 10.4. The van der Waals surface area contributed by atoms with Crippen LogP contribution in [0.25, 0.3) is 0 Å². The molecule has 0 aliphatic heterocycles. The molecule has 0 spiro atoms. The molecule has 4 N–H and O–H groups in total. The van der Waals surface area contributed by atoms with Crippen LogP contribution in [0, 0.1) is 0 Å².